The average Bonchev–Trinajstić information content (AvgIpc) is 3.23. The van der Waals surface area contributed by atoms with Gasteiger partial charge in [-0.05, 0) is 55.5 Å². The van der Waals surface area contributed by atoms with E-state index >= 15 is 0 Å². The highest BCUT2D eigenvalue weighted by Gasteiger charge is 2.31. The van der Waals surface area contributed by atoms with E-state index in [-0.39, 0.29) is 18.0 Å². The number of carbonyl (C=O) groups is 1. The number of anilines is 2. The lowest BCUT2D eigenvalue weighted by atomic mass is 9.89. The molecular weight excluding hydrogens is 459 g/mol. The van der Waals surface area contributed by atoms with Crippen molar-refractivity contribution in [3.8, 4) is 17.2 Å². The van der Waals surface area contributed by atoms with Gasteiger partial charge in [0.25, 0.3) is 0 Å². The second kappa shape index (κ2) is 9.82. The lowest BCUT2D eigenvalue weighted by Crippen LogP contribution is -2.43. The molecule has 0 saturated heterocycles. The predicted octanol–water partition coefficient (Wildman–Crippen LogP) is 5.44. The molecule has 1 aliphatic rings. The fourth-order valence-corrected chi connectivity index (χ4v) is 5.03. The van der Waals surface area contributed by atoms with Crippen LogP contribution in [0.5, 0.6) is 0 Å². The molecule has 7 nitrogen and oxygen atoms in total. The molecule has 0 spiro atoms. The van der Waals surface area contributed by atoms with Gasteiger partial charge < -0.3 is 10.2 Å². The molecule has 0 bridgehead atoms. The molecule has 2 aromatic heterocycles. The number of nitrogens with zero attached hydrogens (tertiary/aromatic N) is 5. The van der Waals surface area contributed by atoms with Crippen LogP contribution in [-0.4, -0.2) is 32.8 Å². The maximum absolute atomic E-state index is 12.7. The zero-order chi connectivity index (χ0) is 23.5. The van der Waals surface area contributed by atoms with Crippen molar-refractivity contribution < 1.29 is 4.79 Å². The minimum atomic E-state index is -0.0851. The third kappa shape index (κ3) is 5.13. The van der Waals surface area contributed by atoms with E-state index in [1.54, 1.807) is 35.0 Å². The summed E-state index contributed by atoms with van der Waals surface area (Å²) in [5.74, 6) is 0.663. The van der Waals surface area contributed by atoms with E-state index in [4.69, 9.17) is 28.5 Å². The van der Waals surface area contributed by atoms with E-state index in [0.717, 1.165) is 42.6 Å². The highest BCUT2D eigenvalue weighted by Crippen LogP contribution is 2.41. The maximum atomic E-state index is 12.7. The molecular formula is C24H24Cl2N6O. The van der Waals surface area contributed by atoms with Crippen LogP contribution in [-0.2, 0) is 11.8 Å². The average molecular weight is 483 g/mol. The van der Waals surface area contributed by atoms with Gasteiger partial charge in [0.2, 0.25) is 5.91 Å². The van der Waals surface area contributed by atoms with E-state index in [1.807, 2.05) is 31.4 Å². The van der Waals surface area contributed by atoms with Crippen LogP contribution in [0.4, 0.5) is 11.5 Å². The van der Waals surface area contributed by atoms with Gasteiger partial charge in [0.15, 0.2) is 0 Å². The number of amides is 1. The molecule has 1 N–H and O–H groups in total. The standard InChI is InChI=1S/C24H24Cl2N6O/c1-15(33)32(24-21(25)9-17(10-22(24)26)18-13-29-31(2)14-18)20-6-4-19(5-7-20)30-23-8-3-16(11-27)12-28-23/h3,8-10,12-14,19-20H,4-7H2,1-2H3,(H,28,30). The van der Waals surface area contributed by atoms with Crippen LogP contribution in [0.3, 0.4) is 0 Å². The van der Waals surface area contributed by atoms with E-state index < -0.39 is 0 Å². The molecule has 0 radical (unpaired) electrons. The number of benzene rings is 1. The predicted molar refractivity (Wildman–Crippen MR) is 130 cm³/mol. The summed E-state index contributed by atoms with van der Waals surface area (Å²) in [4.78, 5) is 18.7. The highest BCUT2D eigenvalue weighted by atomic mass is 35.5. The molecule has 0 atom stereocenters. The maximum Gasteiger partial charge on any atom is 0.224 e. The fraction of sp³-hybridized carbons (Fsp3) is 0.333. The molecule has 170 valence electrons. The van der Waals surface area contributed by atoms with Gasteiger partial charge in [-0.2, -0.15) is 10.4 Å². The van der Waals surface area contributed by atoms with Crippen LogP contribution in [0, 0.1) is 11.3 Å². The number of nitriles is 1. The third-order valence-corrected chi connectivity index (χ3v) is 6.52. The summed E-state index contributed by atoms with van der Waals surface area (Å²) in [5, 5.41) is 17.4. The fourth-order valence-electron chi connectivity index (χ4n) is 4.36. The molecule has 1 saturated carbocycles. The molecule has 1 aliphatic carbocycles. The molecule has 1 fully saturated rings. The molecule has 3 aromatic rings. The molecule has 2 heterocycles. The Hall–Kier alpha value is -3.08. The van der Waals surface area contributed by atoms with Crippen molar-refractivity contribution in [2.75, 3.05) is 10.2 Å². The summed E-state index contributed by atoms with van der Waals surface area (Å²) in [6.07, 6.45) is 8.57. The first-order valence-electron chi connectivity index (χ1n) is 10.8. The number of nitrogens with one attached hydrogen (secondary N) is 1. The normalized spacial score (nSPS) is 17.9. The number of hydrogen-bond acceptors (Lipinski definition) is 5. The van der Waals surface area contributed by atoms with E-state index in [0.29, 0.717) is 21.3 Å². The Morgan fingerprint density at radius 2 is 1.85 bits per heavy atom. The lowest BCUT2D eigenvalue weighted by molar-refractivity contribution is -0.117. The van der Waals surface area contributed by atoms with E-state index in [1.165, 1.54) is 0 Å². The van der Waals surface area contributed by atoms with Gasteiger partial charge >= 0.3 is 0 Å². The van der Waals surface area contributed by atoms with Gasteiger partial charge in [-0.25, -0.2) is 4.98 Å². The number of aryl methyl sites for hydroxylation is 1. The summed E-state index contributed by atoms with van der Waals surface area (Å²) in [6, 6.07) is 9.55. The van der Waals surface area contributed by atoms with Crippen LogP contribution >= 0.6 is 23.2 Å². The summed E-state index contributed by atoms with van der Waals surface area (Å²) >= 11 is 13.3. The molecule has 1 amide bonds. The minimum absolute atomic E-state index is 0.00807. The Morgan fingerprint density at radius 1 is 1.15 bits per heavy atom. The van der Waals surface area contributed by atoms with Crippen LogP contribution < -0.4 is 10.2 Å². The first-order valence-corrected chi connectivity index (χ1v) is 11.5. The summed E-state index contributed by atoms with van der Waals surface area (Å²) in [7, 11) is 1.85. The minimum Gasteiger partial charge on any atom is -0.367 e. The largest absolute Gasteiger partial charge is 0.367 e. The number of carbonyl (C=O) groups excluding carboxylic acids is 1. The molecule has 0 aliphatic heterocycles. The summed E-state index contributed by atoms with van der Waals surface area (Å²) in [5.41, 5.74) is 2.85. The number of rotatable bonds is 5. The molecule has 4 rings (SSSR count). The number of hydrogen-bond donors (Lipinski definition) is 1. The van der Waals surface area contributed by atoms with Crippen molar-refractivity contribution in [2.45, 2.75) is 44.7 Å². The summed E-state index contributed by atoms with van der Waals surface area (Å²) in [6.45, 7) is 1.55. The SMILES string of the molecule is CC(=O)N(c1c(Cl)cc(-c2cnn(C)c2)cc1Cl)C1CCC(Nc2ccc(C#N)cn2)CC1. The van der Waals surface area contributed by atoms with Gasteiger partial charge in [0.05, 0.1) is 27.5 Å². The first-order chi connectivity index (χ1) is 15.9. The van der Waals surface area contributed by atoms with Gasteiger partial charge in [0.1, 0.15) is 11.9 Å². The Morgan fingerprint density at radius 3 is 2.36 bits per heavy atom. The Kier molecular flexibility index (Phi) is 6.87. The van der Waals surface area contributed by atoms with Crippen molar-refractivity contribution in [1.82, 2.24) is 14.8 Å². The molecule has 9 heteroatoms. The number of aromatic nitrogens is 3. The van der Waals surface area contributed by atoms with Gasteiger partial charge in [0, 0.05) is 44.0 Å². The van der Waals surface area contributed by atoms with Crippen LogP contribution in [0.25, 0.3) is 11.1 Å². The van der Waals surface area contributed by atoms with E-state index in [9.17, 15) is 4.79 Å². The monoisotopic (exact) mass is 482 g/mol. The van der Waals surface area contributed by atoms with Gasteiger partial charge in [-0.15, -0.1) is 0 Å². The zero-order valence-corrected chi connectivity index (χ0v) is 19.9. The van der Waals surface area contributed by atoms with Crippen LogP contribution in [0.1, 0.15) is 38.2 Å². The number of pyridine rings is 1. The van der Waals surface area contributed by atoms with Gasteiger partial charge in [-0.3, -0.25) is 9.48 Å². The van der Waals surface area contributed by atoms with Crippen molar-refractivity contribution in [3.63, 3.8) is 0 Å². The van der Waals surface area contributed by atoms with Crippen molar-refractivity contribution in [2.24, 2.45) is 7.05 Å². The van der Waals surface area contributed by atoms with Crippen LogP contribution in [0.2, 0.25) is 10.0 Å². The Labute approximate surface area is 202 Å². The quantitative estimate of drug-likeness (QED) is 0.523. The topological polar surface area (TPSA) is 86.8 Å². The molecule has 0 unspecified atom stereocenters. The smallest absolute Gasteiger partial charge is 0.224 e. The summed E-state index contributed by atoms with van der Waals surface area (Å²) < 4.78 is 1.72. The zero-order valence-electron chi connectivity index (χ0n) is 18.4. The second-order valence-corrected chi connectivity index (χ2v) is 9.09. The van der Waals surface area contributed by atoms with Crippen LogP contribution in [0.15, 0.2) is 42.9 Å². The number of halogens is 2. The van der Waals surface area contributed by atoms with Crippen molar-refractivity contribution >= 4 is 40.6 Å². The molecule has 1 aromatic carbocycles. The van der Waals surface area contributed by atoms with Gasteiger partial charge in [-0.1, -0.05) is 23.2 Å². The first kappa shape index (κ1) is 23.1. The Balaban J connectivity index is 1.49. The van der Waals surface area contributed by atoms with Crippen molar-refractivity contribution in [3.05, 3.63) is 58.5 Å². The second-order valence-electron chi connectivity index (χ2n) is 8.27. The van der Waals surface area contributed by atoms with E-state index in [2.05, 4.69) is 21.5 Å². The Bertz CT molecular complexity index is 1170. The highest BCUT2D eigenvalue weighted by molar-refractivity contribution is 6.40. The third-order valence-electron chi connectivity index (χ3n) is 5.94. The lowest BCUT2D eigenvalue weighted by Gasteiger charge is -2.37. The molecule has 33 heavy (non-hydrogen) atoms. The van der Waals surface area contributed by atoms with Crippen molar-refractivity contribution in [1.29, 1.82) is 5.26 Å².